The van der Waals surface area contributed by atoms with Gasteiger partial charge in [-0.1, -0.05) is 11.6 Å². The van der Waals surface area contributed by atoms with Gasteiger partial charge in [0.2, 0.25) is 0 Å². The number of carbonyl (C=O) groups excluding carboxylic acids is 2. The summed E-state index contributed by atoms with van der Waals surface area (Å²) in [6, 6.07) is 3.72. The first kappa shape index (κ1) is 20.0. The normalized spacial score (nSPS) is 18.9. The van der Waals surface area contributed by atoms with Gasteiger partial charge < -0.3 is 15.1 Å². The number of aromatic nitrogens is 2. The molecule has 2 aromatic rings. The van der Waals surface area contributed by atoms with Crippen LogP contribution in [0.3, 0.4) is 0 Å². The molecule has 1 atom stereocenters. The second-order valence-corrected chi connectivity index (χ2v) is 8.78. The van der Waals surface area contributed by atoms with Gasteiger partial charge in [-0.2, -0.15) is 16.9 Å². The van der Waals surface area contributed by atoms with Crippen molar-refractivity contribution < 1.29 is 14.0 Å². The lowest BCUT2D eigenvalue weighted by molar-refractivity contribution is 0.0795. The quantitative estimate of drug-likeness (QED) is 0.783. The minimum absolute atomic E-state index is 0.0531. The smallest absolute Gasteiger partial charge is 0.322 e. The summed E-state index contributed by atoms with van der Waals surface area (Å²) in [5.74, 6) is -0.607. The molecule has 4 rings (SSSR count). The third-order valence-electron chi connectivity index (χ3n) is 5.30. The molecule has 29 heavy (non-hydrogen) atoms. The molecule has 3 heterocycles. The molecular formula is C19H21ClFN5O2S. The number of fused-ring (bicyclic) bond motifs is 3. The van der Waals surface area contributed by atoms with Crippen molar-refractivity contribution in [2.75, 3.05) is 31.7 Å². The molecule has 3 amide bonds. The van der Waals surface area contributed by atoms with E-state index in [1.807, 2.05) is 6.26 Å². The van der Waals surface area contributed by atoms with Crippen LogP contribution in [0, 0.1) is 5.82 Å². The van der Waals surface area contributed by atoms with Crippen LogP contribution in [0.5, 0.6) is 0 Å². The maximum atomic E-state index is 13.3. The largest absolute Gasteiger partial charge is 0.339 e. The number of amides is 3. The zero-order valence-electron chi connectivity index (χ0n) is 16.1. The van der Waals surface area contributed by atoms with Crippen LogP contribution in [-0.2, 0) is 19.5 Å². The zero-order chi connectivity index (χ0) is 20.7. The Kier molecular flexibility index (Phi) is 5.44. The van der Waals surface area contributed by atoms with Crippen LogP contribution in [0.2, 0.25) is 5.02 Å². The van der Waals surface area contributed by atoms with Crippen molar-refractivity contribution in [2.45, 2.75) is 24.8 Å². The summed E-state index contributed by atoms with van der Waals surface area (Å²) >= 11 is 7.51. The Morgan fingerprint density at radius 1 is 1.38 bits per heavy atom. The number of hydrogen-bond acceptors (Lipinski definition) is 4. The van der Waals surface area contributed by atoms with Crippen molar-refractivity contribution in [1.82, 2.24) is 19.6 Å². The van der Waals surface area contributed by atoms with Crippen LogP contribution in [0.1, 0.15) is 21.7 Å². The number of halogens is 2. The summed E-state index contributed by atoms with van der Waals surface area (Å²) < 4.78 is 15.1. The molecule has 0 spiro atoms. The van der Waals surface area contributed by atoms with E-state index in [4.69, 9.17) is 11.6 Å². The zero-order valence-corrected chi connectivity index (χ0v) is 17.7. The first-order chi connectivity index (χ1) is 13.9. The van der Waals surface area contributed by atoms with Crippen LogP contribution < -0.4 is 5.32 Å². The number of nitrogens with one attached hydrogen (secondary N) is 1. The minimum atomic E-state index is -0.541. The molecular weight excluding hydrogens is 417 g/mol. The van der Waals surface area contributed by atoms with Gasteiger partial charge in [0.25, 0.3) is 5.91 Å². The predicted molar refractivity (Wildman–Crippen MR) is 111 cm³/mol. The average molecular weight is 438 g/mol. The van der Waals surface area contributed by atoms with Crippen LogP contribution in [-0.4, -0.2) is 63.2 Å². The molecule has 0 bridgehead atoms. The molecule has 2 aliphatic rings. The lowest BCUT2D eigenvalue weighted by Crippen LogP contribution is -2.39. The Morgan fingerprint density at radius 3 is 2.90 bits per heavy atom. The molecule has 2 aliphatic heterocycles. The number of thioether (sulfide) groups is 1. The number of benzene rings is 1. The molecule has 1 N–H and O–H groups in total. The lowest BCUT2D eigenvalue weighted by Gasteiger charge is -2.27. The van der Waals surface area contributed by atoms with Crippen LogP contribution in [0.25, 0.3) is 0 Å². The number of hydrogen-bond donors (Lipinski definition) is 1. The van der Waals surface area contributed by atoms with Gasteiger partial charge in [-0.25, -0.2) is 9.18 Å². The van der Waals surface area contributed by atoms with E-state index in [1.54, 1.807) is 33.3 Å². The topological polar surface area (TPSA) is 70.5 Å². The second-order valence-electron chi connectivity index (χ2n) is 7.23. The van der Waals surface area contributed by atoms with E-state index in [9.17, 15) is 14.0 Å². The highest BCUT2D eigenvalue weighted by atomic mass is 35.5. The van der Waals surface area contributed by atoms with Gasteiger partial charge >= 0.3 is 6.03 Å². The highest BCUT2D eigenvalue weighted by molar-refractivity contribution is 7.99. The molecule has 1 aromatic carbocycles. The molecule has 0 saturated carbocycles. The van der Waals surface area contributed by atoms with E-state index in [1.165, 1.54) is 18.2 Å². The van der Waals surface area contributed by atoms with Gasteiger partial charge in [0.1, 0.15) is 11.5 Å². The summed E-state index contributed by atoms with van der Waals surface area (Å²) in [4.78, 5) is 29.0. The molecule has 1 unspecified atom stereocenters. The van der Waals surface area contributed by atoms with Crippen molar-refractivity contribution in [3.05, 3.63) is 46.0 Å². The fourth-order valence-electron chi connectivity index (χ4n) is 3.72. The van der Waals surface area contributed by atoms with Crippen molar-refractivity contribution in [1.29, 1.82) is 0 Å². The highest BCUT2D eigenvalue weighted by Crippen LogP contribution is 2.28. The SMILES string of the molecule is CSC1CN(C)C(=O)c2c3c(nn2C1)CCN(C(=O)Nc1ccc(F)c(Cl)c1)C3. The summed E-state index contributed by atoms with van der Waals surface area (Å²) in [7, 11) is 1.80. The first-order valence-corrected chi connectivity index (χ1v) is 10.9. The predicted octanol–water partition coefficient (Wildman–Crippen LogP) is 3.08. The van der Waals surface area contributed by atoms with Gasteiger partial charge in [0.15, 0.2) is 0 Å². The maximum Gasteiger partial charge on any atom is 0.322 e. The van der Waals surface area contributed by atoms with E-state index in [0.717, 1.165) is 11.3 Å². The Hall–Kier alpha value is -2.26. The third-order valence-corrected chi connectivity index (χ3v) is 6.55. The lowest BCUT2D eigenvalue weighted by atomic mass is 10.0. The van der Waals surface area contributed by atoms with Crippen LogP contribution in [0.4, 0.5) is 14.9 Å². The molecule has 0 fully saturated rings. The first-order valence-electron chi connectivity index (χ1n) is 9.25. The van der Waals surface area contributed by atoms with E-state index < -0.39 is 5.82 Å². The fraction of sp³-hybridized carbons (Fsp3) is 0.421. The number of nitrogens with zero attached hydrogens (tertiary/aromatic N) is 4. The monoisotopic (exact) mass is 437 g/mol. The molecule has 0 aliphatic carbocycles. The Morgan fingerprint density at radius 2 is 2.17 bits per heavy atom. The number of rotatable bonds is 2. The van der Waals surface area contributed by atoms with Crippen molar-refractivity contribution in [2.24, 2.45) is 0 Å². The minimum Gasteiger partial charge on any atom is -0.339 e. The standard InChI is InChI=1S/C19H21ClFN5O2S/c1-24-8-12(29-2)9-26-17(18(24)27)13-10-25(6-5-16(13)23-26)19(28)22-11-3-4-15(21)14(20)7-11/h3-4,7,12H,5-6,8-10H2,1-2H3,(H,22,28). The van der Waals surface area contributed by atoms with Gasteiger partial charge in [0.05, 0.1) is 23.8 Å². The van der Waals surface area contributed by atoms with Crippen molar-refractivity contribution in [3.63, 3.8) is 0 Å². The highest BCUT2D eigenvalue weighted by Gasteiger charge is 2.34. The van der Waals surface area contributed by atoms with E-state index in [0.29, 0.717) is 44.0 Å². The average Bonchev–Trinajstić information content (AvgIpc) is 3.00. The summed E-state index contributed by atoms with van der Waals surface area (Å²) in [6.07, 6.45) is 2.61. The summed E-state index contributed by atoms with van der Waals surface area (Å²) in [5, 5.41) is 7.63. The van der Waals surface area contributed by atoms with Gasteiger partial charge in [-0.05, 0) is 24.5 Å². The fourth-order valence-corrected chi connectivity index (χ4v) is 4.56. The summed E-state index contributed by atoms with van der Waals surface area (Å²) in [5.41, 5.74) is 2.67. The maximum absolute atomic E-state index is 13.3. The molecule has 0 saturated heterocycles. The third kappa shape index (κ3) is 3.81. The number of carbonyl (C=O) groups is 2. The van der Waals surface area contributed by atoms with Gasteiger partial charge in [-0.3, -0.25) is 9.48 Å². The Balaban J connectivity index is 1.57. The Labute approximate surface area is 177 Å². The van der Waals surface area contributed by atoms with E-state index in [2.05, 4.69) is 10.4 Å². The molecule has 10 heteroatoms. The number of urea groups is 1. The molecule has 154 valence electrons. The van der Waals surface area contributed by atoms with Gasteiger partial charge in [-0.15, -0.1) is 0 Å². The van der Waals surface area contributed by atoms with E-state index in [-0.39, 0.29) is 22.2 Å². The second kappa shape index (κ2) is 7.87. The molecule has 1 aromatic heterocycles. The van der Waals surface area contributed by atoms with Crippen molar-refractivity contribution >= 4 is 41.0 Å². The van der Waals surface area contributed by atoms with Crippen LogP contribution >= 0.6 is 23.4 Å². The Bertz CT molecular complexity index is 982. The van der Waals surface area contributed by atoms with Crippen molar-refractivity contribution in [3.8, 4) is 0 Å². The molecule has 0 radical (unpaired) electrons. The van der Waals surface area contributed by atoms with Gasteiger partial charge in [0, 0.05) is 43.1 Å². The summed E-state index contributed by atoms with van der Waals surface area (Å²) in [6.45, 7) is 2.11. The van der Waals surface area contributed by atoms with E-state index >= 15 is 0 Å². The molecule has 7 nitrogen and oxygen atoms in total. The van der Waals surface area contributed by atoms with Crippen LogP contribution in [0.15, 0.2) is 18.2 Å². The number of anilines is 1.